The van der Waals surface area contributed by atoms with Crippen molar-refractivity contribution in [3.63, 3.8) is 0 Å². The second kappa shape index (κ2) is 8.75. The van der Waals surface area contributed by atoms with E-state index >= 15 is 0 Å². The zero-order chi connectivity index (χ0) is 20.1. The Balaban J connectivity index is 1.55. The average molecular weight is 383 g/mol. The number of piperazine rings is 1. The van der Waals surface area contributed by atoms with Crippen molar-refractivity contribution in [3.05, 3.63) is 53.6 Å². The molecule has 1 amide bonds. The largest absolute Gasteiger partial charge is 0.506 e. The molecule has 2 aromatic rings. The first-order valence-electron chi connectivity index (χ1n) is 9.22. The van der Waals surface area contributed by atoms with Crippen molar-refractivity contribution in [3.8, 4) is 5.75 Å². The maximum atomic E-state index is 12.5. The number of ether oxygens (including phenoxy) is 1. The van der Waals surface area contributed by atoms with Crippen LogP contribution in [0.1, 0.15) is 15.9 Å². The molecule has 0 unspecified atom stereocenters. The van der Waals surface area contributed by atoms with Crippen molar-refractivity contribution in [2.45, 2.75) is 6.92 Å². The standard InChI is InChI=1S/C21H25N3O4/c1-15-7-8-16(21(27)28-2)13-17(15)22-20(26)14-23-9-11-24(12-10-23)18-5-3-4-6-19(18)25/h3-8,13,25H,9-12,14H2,1-2H3,(H,22,26). The number of carbonyl (C=O) groups is 2. The Morgan fingerprint density at radius 3 is 2.50 bits per heavy atom. The van der Waals surface area contributed by atoms with Crippen LogP contribution < -0.4 is 10.2 Å². The third-order valence-electron chi connectivity index (χ3n) is 4.89. The van der Waals surface area contributed by atoms with Crippen LogP contribution in [0, 0.1) is 6.92 Å². The minimum atomic E-state index is -0.434. The maximum Gasteiger partial charge on any atom is 0.337 e. The number of benzene rings is 2. The highest BCUT2D eigenvalue weighted by molar-refractivity contribution is 5.96. The van der Waals surface area contributed by atoms with E-state index in [0.717, 1.165) is 37.4 Å². The highest BCUT2D eigenvalue weighted by Crippen LogP contribution is 2.27. The molecule has 1 saturated heterocycles. The van der Waals surface area contributed by atoms with Crippen molar-refractivity contribution in [2.24, 2.45) is 0 Å². The normalized spacial score (nSPS) is 14.6. The zero-order valence-corrected chi connectivity index (χ0v) is 16.1. The third kappa shape index (κ3) is 4.61. The Morgan fingerprint density at radius 1 is 1.11 bits per heavy atom. The lowest BCUT2D eigenvalue weighted by Crippen LogP contribution is -2.48. The summed E-state index contributed by atoms with van der Waals surface area (Å²) in [4.78, 5) is 28.3. The van der Waals surface area contributed by atoms with Gasteiger partial charge in [-0.1, -0.05) is 18.2 Å². The Kier molecular flexibility index (Phi) is 6.16. The summed E-state index contributed by atoms with van der Waals surface area (Å²) in [5.74, 6) is -0.286. The smallest absolute Gasteiger partial charge is 0.337 e. The van der Waals surface area contributed by atoms with Gasteiger partial charge in [0.25, 0.3) is 0 Å². The van der Waals surface area contributed by atoms with Crippen LogP contribution in [0.15, 0.2) is 42.5 Å². The highest BCUT2D eigenvalue weighted by Gasteiger charge is 2.21. The van der Waals surface area contributed by atoms with E-state index in [1.165, 1.54) is 7.11 Å². The third-order valence-corrected chi connectivity index (χ3v) is 4.89. The van der Waals surface area contributed by atoms with E-state index in [-0.39, 0.29) is 18.2 Å². The number of phenols is 1. The SMILES string of the molecule is COC(=O)c1ccc(C)c(NC(=O)CN2CCN(c3ccccc3O)CC2)c1. The molecule has 1 aliphatic rings. The lowest BCUT2D eigenvalue weighted by Gasteiger charge is -2.35. The number of rotatable bonds is 5. The molecule has 2 aromatic carbocycles. The van der Waals surface area contributed by atoms with Gasteiger partial charge in [0.2, 0.25) is 5.91 Å². The Labute approximate surface area is 164 Å². The summed E-state index contributed by atoms with van der Waals surface area (Å²) in [5.41, 5.74) is 2.72. The molecule has 0 bridgehead atoms. The van der Waals surface area contributed by atoms with E-state index < -0.39 is 5.97 Å². The first-order valence-corrected chi connectivity index (χ1v) is 9.22. The molecule has 0 saturated carbocycles. The van der Waals surface area contributed by atoms with Gasteiger partial charge >= 0.3 is 5.97 Å². The van der Waals surface area contributed by atoms with Crippen molar-refractivity contribution >= 4 is 23.3 Å². The summed E-state index contributed by atoms with van der Waals surface area (Å²) in [6.07, 6.45) is 0. The molecule has 148 valence electrons. The lowest BCUT2D eigenvalue weighted by molar-refractivity contribution is -0.117. The number of phenolic OH excluding ortho intramolecular Hbond substituents is 1. The molecule has 2 N–H and O–H groups in total. The van der Waals surface area contributed by atoms with Crippen LogP contribution in [-0.2, 0) is 9.53 Å². The van der Waals surface area contributed by atoms with E-state index in [1.54, 1.807) is 30.3 Å². The molecule has 3 rings (SSSR count). The predicted molar refractivity (Wildman–Crippen MR) is 108 cm³/mol. The summed E-state index contributed by atoms with van der Waals surface area (Å²) in [7, 11) is 1.33. The molecule has 1 heterocycles. The molecule has 7 nitrogen and oxygen atoms in total. The molecule has 0 spiro atoms. The summed E-state index contributed by atoms with van der Waals surface area (Å²) < 4.78 is 4.73. The van der Waals surface area contributed by atoms with Gasteiger partial charge in [-0.2, -0.15) is 0 Å². The number of amides is 1. The van der Waals surface area contributed by atoms with E-state index in [1.807, 2.05) is 19.1 Å². The number of hydrogen-bond acceptors (Lipinski definition) is 6. The highest BCUT2D eigenvalue weighted by atomic mass is 16.5. The molecule has 7 heteroatoms. The summed E-state index contributed by atoms with van der Waals surface area (Å²) in [6, 6.07) is 12.4. The second-order valence-corrected chi connectivity index (χ2v) is 6.82. The molecule has 0 atom stereocenters. The van der Waals surface area contributed by atoms with Crippen LogP contribution in [-0.4, -0.2) is 61.7 Å². The predicted octanol–water partition coefficient (Wildman–Crippen LogP) is 2.25. The van der Waals surface area contributed by atoms with Gasteiger partial charge in [-0.05, 0) is 36.8 Å². The number of esters is 1. The Morgan fingerprint density at radius 2 is 1.82 bits per heavy atom. The Bertz CT molecular complexity index is 860. The first-order chi connectivity index (χ1) is 13.5. The van der Waals surface area contributed by atoms with Gasteiger partial charge in [-0.15, -0.1) is 0 Å². The number of carbonyl (C=O) groups excluding carboxylic acids is 2. The topological polar surface area (TPSA) is 82.1 Å². The van der Waals surface area contributed by atoms with Crippen LogP contribution in [0.5, 0.6) is 5.75 Å². The number of anilines is 2. The summed E-state index contributed by atoms with van der Waals surface area (Å²) in [6.45, 7) is 5.08. The van der Waals surface area contributed by atoms with Gasteiger partial charge < -0.3 is 20.1 Å². The zero-order valence-electron chi connectivity index (χ0n) is 16.1. The number of nitrogens with one attached hydrogen (secondary N) is 1. The first kappa shape index (κ1) is 19.7. The quantitative estimate of drug-likeness (QED) is 0.771. The minimum absolute atomic E-state index is 0.124. The van der Waals surface area contributed by atoms with Crippen molar-refractivity contribution < 1.29 is 19.4 Å². The van der Waals surface area contributed by atoms with Crippen molar-refractivity contribution in [2.75, 3.05) is 50.1 Å². The summed E-state index contributed by atoms with van der Waals surface area (Å²) >= 11 is 0. The number of nitrogens with zero attached hydrogens (tertiary/aromatic N) is 2. The fourth-order valence-corrected chi connectivity index (χ4v) is 3.27. The van der Waals surface area contributed by atoms with Gasteiger partial charge in [-0.3, -0.25) is 9.69 Å². The summed E-state index contributed by atoms with van der Waals surface area (Å²) in [5, 5.41) is 12.9. The fraction of sp³-hybridized carbons (Fsp3) is 0.333. The number of aromatic hydroxyl groups is 1. The van der Waals surface area contributed by atoms with E-state index in [9.17, 15) is 14.7 Å². The fourth-order valence-electron chi connectivity index (χ4n) is 3.27. The van der Waals surface area contributed by atoms with Gasteiger partial charge in [0.1, 0.15) is 5.75 Å². The van der Waals surface area contributed by atoms with E-state index in [2.05, 4.69) is 15.1 Å². The average Bonchev–Trinajstić information content (AvgIpc) is 2.70. The molecule has 1 fully saturated rings. The van der Waals surface area contributed by atoms with Crippen LogP contribution in [0.2, 0.25) is 0 Å². The van der Waals surface area contributed by atoms with Crippen molar-refractivity contribution in [1.82, 2.24) is 4.90 Å². The minimum Gasteiger partial charge on any atom is -0.506 e. The Hall–Kier alpha value is -3.06. The lowest BCUT2D eigenvalue weighted by atomic mass is 10.1. The molecular formula is C21H25N3O4. The second-order valence-electron chi connectivity index (χ2n) is 6.82. The van der Waals surface area contributed by atoms with Gasteiger partial charge in [0, 0.05) is 31.9 Å². The maximum absolute atomic E-state index is 12.5. The van der Waals surface area contributed by atoms with Gasteiger partial charge in [0.05, 0.1) is 24.9 Å². The number of methoxy groups -OCH3 is 1. The van der Waals surface area contributed by atoms with Crippen LogP contribution in [0.4, 0.5) is 11.4 Å². The van der Waals surface area contributed by atoms with Gasteiger partial charge in [0.15, 0.2) is 0 Å². The molecule has 1 aliphatic heterocycles. The monoisotopic (exact) mass is 383 g/mol. The van der Waals surface area contributed by atoms with Crippen LogP contribution in [0.3, 0.4) is 0 Å². The number of hydrogen-bond donors (Lipinski definition) is 2. The van der Waals surface area contributed by atoms with E-state index in [0.29, 0.717) is 11.3 Å². The van der Waals surface area contributed by atoms with Crippen molar-refractivity contribution in [1.29, 1.82) is 0 Å². The molecule has 28 heavy (non-hydrogen) atoms. The molecule has 0 aromatic heterocycles. The van der Waals surface area contributed by atoms with Crippen LogP contribution >= 0.6 is 0 Å². The van der Waals surface area contributed by atoms with Crippen LogP contribution in [0.25, 0.3) is 0 Å². The van der Waals surface area contributed by atoms with E-state index in [4.69, 9.17) is 4.74 Å². The molecule has 0 aliphatic carbocycles. The molecular weight excluding hydrogens is 358 g/mol. The number of para-hydroxylation sites is 2. The molecule has 0 radical (unpaired) electrons. The van der Waals surface area contributed by atoms with Gasteiger partial charge in [-0.25, -0.2) is 4.79 Å². The number of aryl methyl sites for hydroxylation is 1.